The lowest BCUT2D eigenvalue weighted by Gasteiger charge is -2.17. The summed E-state index contributed by atoms with van der Waals surface area (Å²) in [6.07, 6.45) is 0.168. The van der Waals surface area contributed by atoms with Crippen LogP contribution in [-0.2, 0) is 9.59 Å². The summed E-state index contributed by atoms with van der Waals surface area (Å²) in [6, 6.07) is 4.96. The van der Waals surface area contributed by atoms with Crippen LogP contribution in [-0.4, -0.2) is 23.0 Å². The molecule has 19 heavy (non-hydrogen) atoms. The van der Waals surface area contributed by atoms with Crippen LogP contribution in [0.2, 0.25) is 0 Å². The van der Waals surface area contributed by atoms with E-state index in [1.807, 2.05) is 32.0 Å². The number of hydrazine groups is 1. The zero-order chi connectivity index (χ0) is 14.4. The molecule has 1 aromatic rings. The van der Waals surface area contributed by atoms with E-state index in [1.165, 1.54) is 0 Å². The number of rotatable bonds is 7. The van der Waals surface area contributed by atoms with Crippen molar-refractivity contribution in [3.8, 4) is 0 Å². The molecule has 0 aromatic heterocycles. The molecule has 0 aliphatic heterocycles. The molecule has 1 atom stereocenters. The predicted octanol–water partition coefficient (Wildman–Crippen LogP) is 0.939. The number of benzene rings is 1. The lowest BCUT2D eigenvalue weighted by Crippen LogP contribution is -2.41. The first-order valence-corrected chi connectivity index (χ1v) is 6.00. The Balaban J connectivity index is 2.63. The highest BCUT2D eigenvalue weighted by atomic mass is 16.4. The van der Waals surface area contributed by atoms with Gasteiger partial charge in [-0.1, -0.05) is 12.1 Å². The lowest BCUT2D eigenvalue weighted by atomic mass is 10.1. The third kappa shape index (κ3) is 4.97. The Morgan fingerprint density at radius 2 is 2.05 bits per heavy atom. The molecule has 0 aliphatic carbocycles. The molecule has 104 valence electrons. The van der Waals surface area contributed by atoms with E-state index < -0.39 is 17.9 Å². The zero-order valence-electron chi connectivity index (χ0n) is 11.1. The quantitative estimate of drug-likeness (QED) is 0.549. The van der Waals surface area contributed by atoms with Gasteiger partial charge in [0.1, 0.15) is 6.04 Å². The highest BCUT2D eigenvalue weighted by Crippen LogP contribution is 2.15. The van der Waals surface area contributed by atoms with Gasteiger partial charge in [-0.15, -0.1) is 0 Å². The normalized spacial score (nSPS) is 11.9. The lowest BCUT2D eigenvalue weighted by molar-refractivity contribution is -0.139. The van der Waals surface area contributed by atoms with E-state index in [0.29, 0.717) is 0 Å². The second-order valence-corrected chi connectivity index (χ2v) is 4.48. The molecule has 0 bridgehead atoms. The molecule has 0 saturated heterocycles. The second kappa shape index (κ2) is 6.75. The van der Waals surface area contributed by atoms with Gasteiger partial charge in [-0.2, -0.15) is 0 Å². The second-order valence-electron chi connectivity index (χ2n) is 4.48. The third-order valence-electron chi connectivity index (χ3n) is 2.75. The number of nitrogens with one attached hydrogen (secondary N) is 2. The van der Waals surface area contributed by atoms with Gasteiger partial charge in [0.25, 0.3) is 0 Å². The van der Waals surface area contributed by atoms with Crippen molar-refractivity contribution in [1.29, 1.82) is 0 Å². The van der Waals surface area contributed by atoms with Crippen LogP contribution < -0.4 is 16.6 Å². The number of aryl methyl sites for hydroxylation is 2. The number of hydrogen-bond acceptors (Lipinski definition) is 4. The van der Waals surface area contributed by atoms with Gasteiger partial charge in [-0.25, -0.2) is 5.43 Å². The summed E-state index contributed by atoms with van der Waals surface area (Å²) in [5.41, 5.74) is 13.5. The number of carbonyl (C=O) groups is 2. The van der Waals surface area contributed by atoms with Crippen LogP contribution in [0.4, 0.5) is 5.69 Å². The van der Waals surface area contributed by atoms with E-state index in [0.717, 1.165) is 16.8 Å². The van der Waals surface area contributed by atoms with Gasteiger partial charge in [-0.05, 0) is 37.5 Å². The molecule has 0 fully saturated rings. The highest BCUT2D eigenvalue weighted by Gasteiger charge is 2.17. The number of carboxylic acid groups (broad SMARTS) is 1. The Kier molecular flexibility index (Phi) is 5.32. The molecule has 0 aliphatic rings. The maximum absolute atomic E-state index is 11.0. The Hall–Kier alpha value is -2.08. The largest absolute Gasteiger partial charge is 0.480 e. The number of hydrogen-bond donors (Lipinski definition) is 4. The van der Waals surface area contributed by atoms with E-state index in [-0.39, 0.29) is 12.8 Å². The molecule has 1 amide bonds. The zero-order valence-corrected chi connectivity index (χ0v) is 11.1. The number of carboxylic acids is 1. The van der Waals surface area contributed by atoms with Crippen LogP contribution in [0.5, 0.6) is 0 Å². The summed E-state index contributed by atoms with van der Waals surface area (Å²) in [5.74, 6) is -1.54. The number of amides is 1. The van der Waals surface area contributed by atoms with Crippen molar-refractivity contribution >= 4 is 17.6 Å². The smallest absolute Gasteiger partial charge is 0.322 e. The summed E-state index contributed by atoms with van der Waals surface area (Å²) < 4.78 is 0. The van der Waals surface area contributed by atoms with Crippen LogP contribution in [0.1, 0.15) is 24.0 Å². The SMILES string of the molecule is Cc1ccc(C)c(NN[C@H](CCC(N)=O)C(=O)O)c1. The number of aliphatic carboxylic acids is 1. The monoisotopic (exact) mass is 265 g/mol. The van der Waals surface area contributed by atoms with Gasteiger partial charge in [0, 0.05) is 6.42 Å². The molecule has 0 spiro atoms. The van der Waals surface area contributed by atoms with Gasteiger partial charge in [-0.3, -0.25) is 9.59 Å². The fraction of sp³-hybridized carbons (Fsp3) is 0.385. The van der Waals surface area contributed by atoms with Crippen molar-refractivity contribution in [1.82, 2.24) is 5.43 Å². The molecule has 0 saturated carbocycles. The van der Waals surface area contributed by atoms with E-state index in [4.69, 9.17) is 10.8 Å². The topological polar surface area (TPSA) is 104 Å². The average Bonchev–Trinajstić information content (AvgIpc) is 2.32. The highest BCUT2D eigenvalue weighted by molar-refractivity contribution is 5.77. The molecule has 5 N–H and O–H groups in total. The molecular formula is C13H19N3O3. The number of primary amides is 1. The van der Waals surface area contributed by atoms with Gasteiger partial charge >= 0.3 is 5.97 Å². The molecular weight excluding hydrogens is 246 g/mol. The number of anilines is 1. The van der Waals surface area contributed by atoms with Crippen LogP contribution in [0.3, 0.4) is 0 Å². The first kappa shape index (κ1) is 15.0. The number of nitrogens with two attached hydrogens (primary N) is 1. The van der Waals surface area contributed by atoms with E-state index in [1.54, 1.807) is 0 Å². The molecule has 1 rings (SSSR count). The predicted molar refractivity (Wildman–Crippen MR) is 72.5 cm³/mol. The fourth-order valence-corrected chi connectivity index (χ4v) is 1.58. The van der Waals surface area contributed by atoms with E-state index in [9.17, 15) is 9.59 Å². The Labute approximate surface area is 112 Å². The fourth-order valence-electron chi connectivity index (χ4n) is 1.58. The third-order valence-corrected chi connectivity index (χ3v) is 2.75. The average molecular weight is 265 g/mol. The van der Waals surface area contributed by atoms with Gasteiger partial charge in [0.15, 0.2) is 0 Å². The molecule has 0 unspecified atom stereocenters. The van der Waals surface area contributed by atoms with Crippen LogP contribution in [0.25, 0.3) is 0 Å². The molecule has 1 aromatic carbocycles. The van der Waals surface area contributed by atoms with E-state index in [2.05, 4.69) is 10.9 Å². The van der Waals surface area contributed by atoms with Crippen LogP contribution in [0.15, 0.2) is 18.2 Å². The van der Waals surface area contributed by atoms with Crippen molar-refractivity contribution in [2.45, 2.75) is 32.7 Å². The maximum atomic E-state index is 11.0. The van der Waals surface area contributed by atoms with Gasteiger partial charge < -0.3 is 16.3 Å². The summed E-state index contributed by atoms with van der Waals surface area (Å²) in [6.45, 7) is 3.87. The number of carbonyl (C=O) groups excluding carboxylic acids is 1. The Morgan fingerprint density at radius 1 is 1.37 bits per heavy atom. The summed E-state index contributed by atoms with van der Waals surface area (Å²) in [5, 5.41) is 9.03. The minimum Gasteiger partial charge on any atom is -0.480 e. The van der Waals surface area contributed by atoms with Gasteiger partial charge in [0.05, 0.1) is 5.69 Å². The minimum absolute atomic E-state index is 0.0262. The maximum Gasteiger partial charge on any atom is 0.322 e. The van der Waals surface area contributed by atoms with Crippen molar-refractivity contribution in [2.24, 2.45) is 5.73 Å². The first-order chi connectivity index (χ1) is 8.90. The summed E-state index contributed by atoms with van der Waals surface area (Å²) in [4.78, 5) is 21.7. The minimum atomic E-state index is -1.03. The van der Waals surface area contributed by atoms with Crippen molar-refractivity contribution < 1.29 is 14.7 Å². The van der Waals surface area contributed by atoms with Crippen molar-refractivity contribution in [3.05, 3.63) is 29.3 Å². The van der Waals surface area contributed by atoms with Gasteiger partial charge in [0.2, 0.25) is 5.91 Å². The van der Waals surface area contributed by atoms with Crippen LogP contribution in [0, 0.1) is 13.8 Å². The van der Waals surface area contributed by atoms with Crippen LogP contribution >= 0.6 is 0 Å². The van der Waals surface area contributed by atoms with Crippen molar-refractivity contribution in [2.75, 3.05) is 5.43 Å². The molecule has 0 heterocycles. The summed E-state index contributed by atoms with van der Waals surface area (Å²) in [7, 11) is 0. The van der Waals surface area contributed by atoms with E-state index >= 15 is 0 Å². The Bertz CT molecular complexity index is 474. The molecule has 0 radical (unpaired) electrons. The molecule has 6 nitrogen and oxygen atoms in total. The summed E-state index contributed by atoms with van der Waals surface area (Å²) >= 11 is 0. The Morgan fingerprint density at radius 3 is 2.63 bits per heavy atom. The molecule has 6 heteroatoms. The van der Waals surface area contributed by atoms with Crippen molar-refractivity contribution in [3.63, 3.8) is 0 Å². The first-order valence-electron chi connectivity index (χ1n) is 6.00. The standard InChI is InChI=1S/C13H19N3O3/c1-8-3-4-9(2)11(7-8)16-15-10(13(18)19)5-6-12(14)17/h3-4,7,10,15-16H,5-6H2,1-2H3,(H2,14,17)(H,18,19)/t10-/m1/s1.